The zero-order chi connectivity index (χ0) is 17.3. The minimum absolute atomic E-state index is 0.00207. The fraction of sp³-hybridized carbons (Fsp3) is 0.571. The van der Waals surface area contributed by atoms with Crippen LogP contribution in [0.15, 0.2) is 23.1 Å². The zero-order valence-electron chi connectivity index (χ0n) is 13.0. The van der Waals surface area contributed by atoms with Gasteiger partial charge in [0.2, 0.25) is 10.0 Å². The summed E-state index contributed by atoms with van der Waals surface area (Å²) in [6.07, 6.45) is 1.65. The summed E-state index contributed by atoms with van der Waals surface area (Å²) in [6.45, 7) is 2.20. The van der Waals surface area contributed by atoms with Crippen LogP contribution in [-0.4, -0.2) is 52.3 Å². The van der Waals surface area contributed by atoms with Crippen molar-refractivity contribution >= 4 is 19.9 Å². The van der Waals surface area contributed by atoms with Crippen LogP contribution in [0.3, 0.4) is 0 Å². The van der Waals surface area contributed by atoms with Crippen LogP contribution >= 0.6 is 0 Å². The van der Waals surface area contributed by atoms with E-state index < -0.39 is 30.9 Å². The number of halogens is 1. The molecular formula is C14H20FNO5S2. The highest BCUT2D eigenvalue weighted by Gasteiger charge is 2.33. The van der Waals surface area contributed by atoms with Gasteiger partial charge in [-0.25, -0.2) is 21.2 Å². The van der Waals surface area contributed by atoms with Gasteiger partial charge in [0.15, 0.2) is 11.6 Å². The summed E-state index contributed by atoms with van der Waals surface area (Å²) in [5.74, 6) is -0.735. The van der Waals surface area contributed by atoms with E-state index in [2.05, 4.69) is 0 Å². The summed E-state index contributed by atoms with van der Waals surface area (Å²) in [6, 6.07) is 3.52. The third-order valence-electron chi connectivity index (χ3n) is 3.85. The van der Waals surface area contributed by atoms with E-state index in [9.17, 15) is 21.2 Å². The largest absolute Gasteiger partial charge is 0.491 e. The average molecular weight is 365 g/mol. The van der Waals surface area contributed by atoms with Crippen molar-refractivity contribution in [3.05, 3.63) is 24.0 Å². The molecule has 23 heavy (non-hydrogen) atoms. The molecule has 130 valence electrons. The molecule has 1 aliphatic heterocycles. The Morgan fingerprint density at radius 2 is 1.83 bits per heavy atom. The highest BCUT2D eigenvalue weighted by atomic mass is 32.2. The van der Waals surface area contributed by atoms with Crippen LogP contribution in [0.4, 0.5) is 4.39 Å². The van der Waals surface area contributed by atoms with Gasteiger partial charge in [-0.2, -0.15) is 4.31 Å². The predicted molar refractivity (Wildman–Crippen MR) is 84.2 cm³/mol. The molecule has 6 nitrogen and oxygen atoms in total. The van der Waals surface area contributed by atoms with Crippen LogP contribution in [0.5, 0.6) is 5.75 Å². The third kappa shape index (κ3) is 4.02. The molecule has 0 unspecified atom stereocenters. The first-order valence-electron chi connectivity index (χ1n) is 7.27. The normalized spacial score (nSPS) is 18.0. The van der Waals surface area contributed by atoms with Gasteiger partial charge in [0.25, 0.3) is 0 Å². The number of benzene rings is 1. The maximum Gasteiger partial charge on any atom is 0.243 e. The molecule has 2 rings (SSSR count). The van der Waals surface area contributed by atoms with Gasteiger partial charge in [-0.05, 0) is 38.0 Å². The van der Waals surface area contributed by atoms with Gasteiger partial charge in [0.1, 0.15) is 9.84 Å². The molecule has 1 aromatic carbocycles. The first kappa shape index (κ1) is 18.2. The lowest BCUT2D eigenvalue weighted by Crippen LogP contribution is -2.42. The zero-order valence-corrected chi connectivity index (χ0v) is 14.7. The quantitative estimate of drug-likeness (QED) is 0.788. The fourth-order valence-corrected chi connectivity index (χ4v) is 5.11. The lowest BCUT2D eigenvalue weighted by Gasteiger charge is -2.30. The highest BCUT2D eigenvalue weighted by Crippen LogP contribution is 2.26. The fourth-order valence-electron chi connectivity index (χ4n) is 2.56. The Bertz CT molecular complexity index is 768. The molecule has 0 spiro atoms. The summed E-state index contributed by atoms with van der Waals surface area (Å²) in [5.41, 5.74) is 0. The third-order valence-corrected chi connectivity index (χ3v) is 7.42. The van der Waals surface area contributed by atoms with E-state index in [-0.39, 0.29) is 43.2 Å². The molecule has 1 aliphatic rings. The van der Waals surface area contributed by atoms with E-state index >= 15 is 0 Å². The van der Waals surface area contributed by atoms with Gasteiger partial charge < -0.3 is 4.74 Å². The van der Waals surface area contributed by atoms with Crippen molar-refractivity contribution in [2.24, 2.45) is 0 Å². The Morgan fingerprint density at radius 1 is 1.22 bits per heavy atom. The number of hydrogen-bond acceptors (Lipinski definition) is 5. The van der Waals surface area contributed by atoms with Gasteiger partial charge >= 0.3 is 0 Å². The molecule has 0 saturated carbocycles. The van der Waals surface area contributed by atoms with Crippen molar-refractivity contribution in [1.82, 2.24) is 4.31 Å². The Hall–Kier alpha value is -1.19. The summed E-state index contributed by atoms with van der Waals surface area (Å²) >= 11 is 0. The van der Waals surface area contributed by atoms with Crippen LogP contribution in [0.25, 0.3) is 0 Å². The Kier molecular flexibility index (Phi) is 5.32. The predicted octanol–water partition coefficient (Wildman–Crippen LogP) is 1.42. The van der Waals surface area contributed by atoms with Gasteiger partial charge in [0.05, 0.1) is 16.8 Å². The van der Waals surface area contributed by atoms with Crippen LogP contribution in [0.1, 0.15) is 19.8 Å². The molecule has 9 heteroatoms. The summed E-state index contributed by atoms with van der Waals surface area (Å²) in [7, 11) is -7.02. The van der Waals surface area contributed by atoms with E-state index in [1.165, 1.54) is 16.4 Å². The van der Waals surface area contributed by atoms with Crippen LogP contribution < -0.4 is 4.74 Å². The number of piperidine rings is 1. The molecule has 1 aromatic rings. The molecule has 0 amide bonds. The minimum Gasteiger partial charge on any atom is -0.491 e. The Labute approximate surface area is 136 Å². The second-order valence-corrected chi connectivity index (χ2v) is 9.72. The number of sulfone groups is 1. The number of hydrogen-bond donors (Lipinski definition) is 0. The smallest absolute Gasteiger partial charge is 0.243 e. The molecule has 1 fully saturated rings. The second-order valence-electron chi connectivity index (χ2n) is 5.46. The number of sulfonamides is 1. The number of rotatable bonds is 5. The lowest BCUT2D eigenvalue weighted by atomic mass is 10.2. The van der Waals surface area contributed by atoms with E-state index in [1.807, 2.05) is 0 Å². The van der Waals surface area contributed by atoms with E-state index in [0.29, 0.717) is 0 Å². The standard InChI is InChI=1S/C14H20FNO5S2/c1-3-21-14-5-4-12(10-13(14)15)23(19,20)16-8-6-11(7-9-16)22(2,17)18/h4-5,10-11H,3,6-9H2,1-2H3. The Balaban J connectivity index is 2.18. The molecular weight excluding hydrogens is 345 g/mol. The Morgan fingerprint density at radius 3 is 2.30 bits per heavy atom. The second kappa shape index (κ2) is 6.74. The maximum atomic E-state index is 13.9. The van der Waals surface area contributed by atoms with E-state index in [0.717, 1.165) is 12.3 Å². The van der Waals surface area contributed by atoms with Gasteiger partial charge in [-0.3, -0.25) is 0 Å². The van der Waals surface area contributed by atoms with Crippen molar-refractivity contribution in [3.63, 3.8) is 0 Å². The molecule has 1 heterocycles. The first-order chi connectivity index (χ1) is 10.7. The van der Waals surface area contributed by atoms with Gasteiger partial charge in [-0.1, -0.05) is 0 Å². The topological polar surface area (TPSA) is 80.8 Å². The number of nitrogens with zero attached hydrogens (tertiary/aromatic N) is 1. The monoisotopic (exact) mass is 365 g/mol. The average Bonchev–Trinajstić information content (AvgIpc) is 2.48. The van der Waals surface area contributed by atoms with Crippen molar-refractivity contribution in [2.75, 3.05) is 26.0 Å². The van der Waals surface area contributed by atoms with Crippen LogP contribution in [-0.2, 0) is 19.9 Å². The summed E-state index contributed by atoms with van der Waals surface area (Å²) in [4.78, 5) is -0.156. The molecule has 1 saturated heterocycles. The van der Waals surface area contributed by atoms with Crippen LogP contribution in [0, 0.1) is 5.82 Å². The first-order valence-corrected chi connectivity index (χ1v) is 10.7. The van der Waals surface area contributed by atoms with E-state index in [1.54, 1.807) is 6.92 Å². The highest BCUT2D eigenvalue weighted by molar-refractivity contribution is 7.91. The van der Waals surface area contributed by atoms with E-state index in [4.69, 9.17) is 4.74 Å². The van der Waals surface area contributed by atoms with Crippen LogP contribution in [0.2, 0.25) is 0 Å². The molecule has 0 N–H and O–H groups in total. The maximum absolute atomic E-state index is 13.9. The minimum atomic E-state index is -3.84. The van der Waals surface area contributed by atoms with Gasteiger partial charge in [0, 0.05) is 19.3 Å². The lowest BCUT2D eigenvalue weighted by molar-refractivity contribution is 0.320. The SMILES string of the molecule is CCOc1ccc(S(=O)(=O)N2CCC(S(C)(=O)=O)CC2)cc1F. The van der Waals surface area contributed by atoms with Crippen molar-refractivity contribution in [1.29, 1.82) is 0 Å². The number of ether oxygens (including phenoxy) is 1. The molecule has 0 bridgehead atoms. The van der Waals surface area contributed by atoms with Gasteiger partial charge in [-0.15, -0.1) is 0 Å². The van der Waals surface area contributed by atoms with Crippen molar-refractivity contribution in [3.8, 4) is 5.75 Å². The molecule has 0 aliphatic carbocycles. The summed E-state index contributed by atoms with van der Waals surface area (Å²) < 4.78 is 68.2. The summed E-state index contributed by atoms with van der Waals surface area (Å²) in [5, 5.41) is -0.522. The molecule has 0 aromatic heterocycles. The van der Waals surface area contributed by atoms with Crippen molar-refractivity contribution < 1.29 is 26.0 Å². The molecule has 0 radical (unpaired) electrons. The van der Waals surface area contributed by atoms with Crippen molar-refractivity contribution in [2.45, 2.75) is 29.9 Å². The molecule has 0 atom stereocenters.